The standard InChI is InChI=1S/C14H13ClN4/c1-19(2)14-8-7-13(17-18-14)12(9-16)10-3-5-11(15)6-4-10/h3-8,12H,1-2H3/t12-/m1/s1. The van der Waals surface area contributed by atoms with Crippen LogP contribution in [0.15, 0.2) is 36.4 Å². The molecule has 2 aromatic rings. The lowest BCUT2D eigenvalue weighted by molar-refractivity contribution is 0.868. The predicted octanol–water partition coefficient (Wildman–Crippen LogP) is 2.85. The van der Waals surface area contributed by atoms with Crippen LogP contribution in [0.4, 0.5) is 5.82 Å². The van der Waals surface area contributed by atoms with E-state index in [0.29, 0.717) is 10.7 Å². The summed E-state index contributed by atoms with van der Waals surface area (Å²) in [5.41, 5.74) is 1.49. The maximum Gasteiger partial charge on any atom is 0.150 e. The minimum Gasteiger partial charge on any atom is -0.361 e. The van der Waals surface area contributed by atoms with Gasteiger partial charge in [-0.25, -0.2) is 0 Å². The number of nitrogens with zero attached hydrogens (tertiary/aromatic N) is 4. The highest BCUT2D eigenvalue weighted by molar-refractivity contribution is 6.30. The maximum atomic E-state index is 9.32. The van der Waals surface area contributed by atoms with E-state index in [-0.39, 0.29) is 0 Å². The monoisotopic (exact) mass is 272 g/mol. The smallest absolute Gasteiger partial charge is 0.150 e. The molecule has 0 saturated carbocycles. The average molecular weight is 273 g/mol. The summed E-state index contributed by atoms with van der Waals surface area (Å²) in [7, 11) is 3.79. The van der Waals surface area contributed by atoms with Gasteiger partial charge < -0.3 is 4.90 Å². The fraction of sp³-hybridized carbons (Fsp3) is 0.214. The molecule has 0 saturated heterocycles. The van der Waals surface area contributed by atoms with Crippen LogP contribution >= 0.6 is 11.6 Å². The Labute approximate surface area is 117 Å². The number of hydrogen-bond acceptors (Lipinski definition) is 4. The van der Waals surface area contributed by atoms with Crippen LogP contribution in [-0.2, 0) is 0 Å². The number of anilines is 1. The summed E-state index contributed by atoms with van der Waals surface area (Å²) in [5, 5.41) is 18.2. The Kier molecular flexibility index (Phi) is 3.98. The average Bonchev–Trinajstić information content (AvgIpc) is 2.42. The zero-order valence-electron chi connectivity index (χ0n) is 10.7. The Bertz CT molecular complexity index is 584. The second-order valence-corrected chi connectivity index (χ2v) is 4.76. The molecule has 0 spiro atoms. The number of benzene rings is 1. The fourth-order valence-electron chi connectivity index (χ4n) is 1.69. The van der Waals surface area contributed by atoms with Gasteiger partial charge in [-0.15, -0.1) is 5.10 Å². The van der Waals surface area contributed by atoms with Crippen LogP contribution in [0.5, 0.6) is 0 Å². The molecule has 19 heavy (non-hydrogen) atoms. The van der Waals surface area contributed by atoms with E-state index in [1.54, 1.807) is 12.1 Å². The third-order valence-corrected chi connectivity index (χ3v) is 3.01. The molecule has 0 fully saturated rings. The van der Waals surface area contributed by atoms with Crippen molar-refractivity contribution in [3.63, 3.8) is 0 Å². The largest absolute Gasteiger partial charge is 0.361 e. The number of rotatable bonds is 3. The molecule has 4 nitrogen and oxygen atoms in total. The summed E-state index contributed by atoms with van der Waals surface area (Å²) in [6.45, 7) is 0. The van der Waals surface area contributed by atoms with Gasteiger partial charge in [0.25, 0.3) is 0 Å². The van der Waals surface area contributed by atoms with Crippen molar-refractivity contribution in [2.24, 2.45) is 0 Å². The highest BCUT2D eigenvalue weighted by Gasteiger charge is 2.15. The molecule has 1 aromatic carbocycles. The zero-order chi connectivity index (χ0) is 13.8. The lowest BCUT2D eigenvalue weighted by atomic mass is 9.97. The molecule has 0 aliphatic heterocycles. The molecule has 1 heterocycles. The van der Waals surface area contributed by atoms with Crippen molar-refractivity contribution in [1.29, 1.82) is 5.26 Å². The van der Waals surface area contributed by atoms with Crippen molar-refractivity contribution in [2.75, 3.05) is 19.0 Å². The summed E-state index contributed by atoms with van der Waals surface area (Å²) in [4.78, 5) is 1.86. The Morgan fingerprint density at radius 1 is 1.11 bits per heavy atom. The second kappa shape index (κ2) is 5.68. The van der Waals surface area contributed by atoms with Gasteiger partial charge in [0.1, 0.15) is 5.92 Å². The third-order valence-electron chi connectivity index (χ3n) is 2.76. The van der Waals surface area contributed by atoms with Crippen LogP contribution in [0.1, 0.15) is 17.2 Å². The number of hydrogen-bond donors (Lipinski definition) is 0. The molecule has 1 aromatic heterocycles. The molecule has 0 N–H and O–H groups in total. The first kappa shape index (κ1) is 13.3. The zero-order valence-corrected chi connectivity index (χ0v) is 11.5. The first-order chi connectivity index (χ1) is 9.11. The van der Waals surface area contributed by atoms with E-state index in [9.17, 15) is 5.26 Å². The van der Waals surface area contributed by atoms with E-state index in [1.165, 1.54) is 0 Å². The molecular formula is C14H13ClN4. The SMILES string of the molecule is CN(C)c1ccc([C@H](C#N)c2ccc(Cl)cc2)nn1. The number of halogens is 1. The van der Waals surface area contributed by atoms with Gasteiger partial charge in [0.2, 0.25) is 0 Å². The molecule has 0 aliphatic rings. The van der Waals surface area contributed by atoms with Gasteiger partial charge in [0.15, 0.2) is 5.82 Å². The molecule has 0 unspecified atom stereocenters. The molecule has 96 valence electrons. The minimum atomic E-state index is -0.430. The van der Waals surface area contributed by atoms with E-state index < -0.39 is 5.92 Å². The van der Waals surface area contributed by atoms with Gasteiger partial charge >= 0.3 is 0 Å². The lowest BCUT2D eigenvalue weighted by Gasteiger charge is -2.12. The number of nitriles is 1. The first-order valence-electron chi connectivity index (χ1n) is 5.78. The molecule has 1 atom stereocenters. The highest BCUT2D eigenvalue weighted by Crippen LogP contribution is 2.24. The van der Waals surface area contributed by atoms with Gasteiger partial charge in [-0.05, 0) is 29.8 Å². The van der Waals surface area contributed by atoms with Crippen LogP contribution in [-0.4, -0.2) is 24.3 Å². The molecule has 0 amide bonds. The highest BCUT2D eigenvalue weighted by atomic mass is 35.5. The van der Waals surface area contributed by atoms with Crippen molar-refractivity contribution in [1.82, 2.24) is 10.2 Å². The van der Waals surface area contributed by atoms with Crippen molar-refractivity contribution >= 4 is 17.4 Å². The predicted molar refractivity (Wildman–Crippen MR) is 75.3 cm³/mol. The van der Waals surface area contributed by atoms with Gasteiger partial charge in [-0.3, -0.25) is 0 Å². The number of aromatic nitrogens is 2. The van der Waals surface area contributed by atoms with Gasteiger partial charge in [0.05, 0.1) is 11.8 Å². The summed E-state index contributed by atoms with van der Waals surface area (Å²) in [6.07, 6.45) is 0. The Morgan fingerprint density at radius 2 is 1.79 bits per heavy atom. The van der Waals surface area contributed by atoms with Crippen molar-refractivity contribution in [3.05, 3.63) is 52.7 Å². The van der Waals surface area contributed by atoms with Gasteiger partial charge in [-0.1, -0.05) is 23.7 Å². The first-order valence-corrected chi connectivity index (χ1v) is 6.15. The fourth-order valence-corrected chi connectivity index (χ4v) is 1.82. The van der Waals surface area contributed by atoms with Crippen LogP contribution in [0.25, 0.3) is 0 Å². The summed E-state index contributed by atoms with van der Waals surface area (Å²) in [5.74, 6) is 0.331. The maximum absolute atomic E-state index is 9.32. The van der Waals surface area contributed by atoms with E-state index >= 15 is 0 Å². The minimum absolute atomic E-state index is 0.430. The Balaban J connectivity index is 2.32. The Hall–Kier alpha value is -2.12. The molecule has 0 radical (unpaired) electrons. The lowest BCUT2D eigenvalue weighted by Crippen LogP contribution is -2.12. The quantitative estimate of drug-likeness (QED) is 0.862. The van der Waals surface area contributed by atoms with Crippen molar-refractivity contribution in [2.45, 2.75) is 5.92 Å². The molecule has 2 rings (SSSR count). The van der Waals surface area contributed by atoms with Crippen molar-refractivity contribution < 1.29 is 0 Å². The van der Waals surface area contributed by atoms with E-state index in [0.717, 1.165) is 11.4 Å². The van der Waals surface area contributed by atoms with Crippen LogP contribution < -0.4 is 4.90 Å². The van der Waals surface area contributed by atoms with Gasteiger partial charge in [-0.2, -0.15) is 10.4 Å². The summed E-state index contributed by atoms with van der Waals surface area (Å²) >= 11 is 5.84. The second-order valence-electron chi connectivity index (χ2n) is 4.32. The van der Waals surface area contributed by atoms with E-state index in [1.807, 2.05) is 43.3 Å². The molecule has 0 bridgehead atoms. The van der Waals surface area contributed by atoms with Crippen LogP contribution in [0, 0.1) is 11.3 Å². The Morgan fingerprint density at radius 3 is 2.26 bits per heavy atom. The topological polar surface area (TPSA) is 52.8 Å². The van der Waals surface area contributed by atoms with Crippen LogP contribution in [0.2, 0.25) is 5.02 Å². The van der Waals surface area contributed by atoms with Crippen LogP contribution in [0.3, 0.4) is 0 Å². The normalized spacial score (nSPS) is 11.7. The summed E-state index contributed by atoms with van der Waals surface area (Å²) < 4.78 is 0. The molecule has 0 aliphatic carbocycles. The molecular weight excluding hydrogens is 260 g/mol. The van der Waals surface area contributed by atoms with E-state index in [4.69, 9.17) is 11.6 Å². The molecule has 5 heteroatoms. The van der Waals surface area contributed by atoms with Gasteiger partial charge in [0, 0.05) is 19.1 Å². The van der Waals surface area contributed by atoms with E-state index in [2.05, 4.69) is 16.3 Å². The van der Waals surface area contributed by atoms with Crippen molar-refractivity contribution in [3.8, 4) is 6.07 Å². The summed E-state index contributed by atoms with van der Waals surface area (Å²) in [6, 6.07) is 13.1. The third kappa shape index (κ3) is 3.01.